The molecule has 4 heteroatoms. The van der Waals surface area contributed by atoms with Crippen molar-refractivity contribution in [1.29, 1.82) is 0 Å². The zero-order chi connectivity index (χ0) is 11.1. The lowest BCUT2D eigenvalue weighted by molar-refractivity contribution is 0.278. The Morgan fingerprint density at radius 3 is 2.73 bits per heavy atom. The topological polar surface area (TPSA) is 61.5 Å². The zero-order valence-corrected chi connectivity index (χ0v) is 9.84. The molecule has 4 N–H and O–H groups in total. The van der Waals surface area contributed by atoms with E-state index < -0.39 is 0 Å². The summed E-state index contributed by atoms with van der Waals surface area (Å²) in [6, 6.07) is 0. The Morgan fingerprint density at radius 1 is 1.40 bits per heavy atom. The van der Waals surface area contributed by atoms with E-state index in [1.54, 1.807) is 0 Å². The monoisotopic (exact) mass is 215 g/mol. The quantitative estimate of drug-likeness (QED) is 0.514. The fraction of sp³-hybridized carbons (Fsp3) is 1.00. The van der Waals surface area contributed by atoms with Crippen molar-refractivity contribution in [2.75, 3.05) is 39.8 Å². The molecule has 0 aliphatic carbocycles. The van der Waals surface area contributed by atoms with Gasteiger partial charge in [-0.15, -0.1) is 0 Å². The van der Waals surface area contributed by atoms with Gasteiger partial charge in [-0.25, -0.2) is 0 Å². The molecule has 0 bridgehead atoms. The first-order valence-electron chi connectivity index (χ1n) is 5.97. The molecule has 1 aliphatic rings. The van der Waals surface area contributed by atoms with Crippen molar-refractivity contribution in [3.63, 3.8) is 0 Å². The van der Waals surface area contributed by atoms with E-state index >= 15 is 0 Å². The van der Waals surface area contributed by atoms with Crippen LogP contribution >= 0.6 is 0 Å². The average molecular weight is 215 g/mol. The Hall–Kier alpha value is -0.160. The highest BCUT2D eigenvalue weighted by Crippen LogP contribution is 2.18. The summed E-state index contributed by atoms with van der Waals surface area (Å²) in [5.74, 6) is 0. The average Bonchev–Trinajstić information content (AvgIpc) is 2.61. The fourth-order valence-electron chi connectivity index (χ4n) is 2.23. The third-order valence-corrected chi connectivity index (χ3v) is 3.27. The minimum atomic E-state index is 0.147. The van der Waals surface area contributed by atoms with Crippen molar-refractivity contribution in [2.45, 2.75) is 31.2 Å². The van der Waals surface area contributed by atoms with Crippen LogP contribution in [0.15, 0.2) is 0 Å². The molecular weight excluding hydrogens is 190 g/mol. The second kappa shape index (κ2) is 6.43. The lowest BCUT2D eigenvalue weighted by atomic mass is 9.98. The molecular formula is C11H25N3O. The summed E-state index contributed by atoms with van der Waals surface area (Å²) in [6.45, 7) is 4.25. The highest BCUT2D eigenvalue weighted by Gasteiger charge is 2.34. The number of likely N-dealkylation sites (N-methyl/N-ethyl adjacent to an activating group) is 1. The van der Waals surface area contributed by atoms with Crippen molar-refractivity contribution >= 4 is 0 Å². The van der Waals surface area contributed by atoms with Crippen molar-refractivity contribution in [3.05, 3.63) is 0 Å². The van der Waals surface area contributed by atoms with Crippen LogP contribution in [0.4, 0.5) is 0 Å². The molecule has 90 valence electrons. The van der Waals surface area contributed by atoms with Crippen molar-refractivity contribution < 1.29 is 5.11 Å². The van der Waals surface area contributed by atoms with Gasteiger partial charge in [-0.2, -0.15) is 0 Å². The third kappa shape index (κ3) is 4.07. The van der Waals surface area contributed by atoms with Gasteiger partial charge in [0, 0.05) is 25.2 Å². The van der Waals surface area contributed by atoms with Gasteiger partial charge in [-0.3, -0.25) is 0 Å². The van der Waals surface area contributed by atoms with E-state index in [0.717, 1.165) is 51.9 Å². The van der Waals surface area contributed by atoms with Crippen molar-refractivity contribution in [2.24, 2.45) is 5.73 Å². The van der Waals surface area contributed by atoms with Gasteiger partial charge >= 0.3 is 0 Å². The van der Waals surface area contributed by atoms with Crippen LogP contribution in [0.3, 0.4) is 0 Å². The van der Waals surface area contributed by atoms with Gasteiger partial charge in [-0.05, 0) is 45.8 Å². The number of nitrogens with one attached hydrogen (secondary N) is 1. The number of nitrogens with two attached hydrogens (primary N) is 1. The van der Waals surface area contributed by atoms with Crippen molar-refractivity contribution in [1.82, 2.24) is 10.2 Å². The highest BCUT2D eigenvalue weighted by molar-refractivity contribution is 4.97. The predicted molar refractivity (Wildman–Crippen MR) is 62.8 cm³/mol. The van der Waals surface area contributed by atoms with Gasteiger partial charge in [0.15, 0.2) is 0 Å². The van der Waals surface area contributed by atoms with Crippen LogP contribution in [-0.2, 0) is 0 Å². The summed E-state index contributed by atoms with van der Waals surface area (Å²) in [5, 5.41) is 12.2. The van der Waals surface area contributed by atoms with Crippen LogP contribution in [0.25, 0.3) is 0 Å². The predicted octanol–water partition coefficient (Wildman–Crippen LogP) is -0.228. The highest BCUT2D eigenvalue weighted by atomic mass is 16.2. The fourth-order valence-corrected chi connectivity index (χ4v) is 2.23. The van der Waals surface area contributed by atoms with Gasteiger partial charge in [0.1, 0.15) is 0 Å². The standard InChI is InChI=1S/C11H25N3O/c1-14-7-5-11(9-12,10-14)13-6-3-2-4-8-15/h13,15H,2-10,12H2,1H3. The van der Waals surface area contributed by atoms with E-state index in [-0.39, 0.29) is 5.54 Å². The van der Waals surface area contributed by atoms with Gasteiger partial charge < -0.3 is 21.1 Å². The van der Waals surface area contributed by atoms with Crippen LogP contribution in [0.5, 0.6) is 0 Å². The minimum Gasteiger partial charge on any atom is -0.396 e. The first kappa shape index (κ1) is 12.9. The summed E-state index contributed by atoms with van der Waals surface area (Å²) in [7, 11) is 2.14. The maximum Gasteiger partial charge on any atom is 0.0444 e. The van der Waals surface area contributed by atoms with E-state index in [1.807, 2.05) is 0 Å². The molecule has 0 amide bonds. The zero-order valence-electron chi connectivity index (χ0n) is 9.84. The summed E-state index contributed by atoms with van der Waals surface area (Å²) >= 11 is 0. The molecule has 0 aromatic heterocycles. The first-order valence-corrected chi connectivity index (χ1v) is 5.97. The molecule has 4 nitrogen and oxygen atoms in total. The molecule has 1 aliphatic heterocycles. The maximum atomic E-state index is 8.66. The van der Waals surface area contributed by atoms with Gasteiger partial charge in [-0.1, -0.05) is 0 Å². The van der Waals surface area contributed by atoms with Crippen LogP contribution < -0.4 is 11.1 Å². The Labute approximate surface area is 92.8 Å². The lowest BCUT2D eigenvalue weighted by Crippen LogP contribution is -2.53. The Kier molecular flexibility index (Phi) is 5.53. The van der Waals surface area contributed by atoms with E-state index in [9.17, 15) is 0 Å². The molecule has 1 heterocycles. The molecule has 1 saturated heterocycles. The molecule has 15 heavy (non-hydrogen) atoms. The second-order valence-electron chi connectivity index (χ2n) is 4.68. The molecule has 1 rings (SSSR count). The number of aliphatic hydroxyl groups excluding tert-OH is 1. The number of rotatable bonds is 7. The smallest absolute Gasteiger partial charge is 0.0444 e. The van der Waals surface area contributed by atoms with Crippen LogP contribution in [-0.4, -0.2) is 55.4 Å². The Morgan fingerprint density at radius 2 is 2.20 bits per heavy atom. The van der Waals surface area contributed by atoms with Gasteiger partial charge in [0.25, 0.3) is 0 Å². The Balaban J connectivity index is 2.17. The molecule has 0 aromatic carbocycles. The summed E-state index contributed by atoms with van der Waals surface area (Å²) < 4.78 is 0. The largest absolute Gasteiger partial charge is 0.396 e. The second-order valence-corrected chi connectivity index (χ2v) is 4.68. The molecule has 1 unspecified atom stereocenters. The third-order valence-electron chi connectivity index (χ3n) is 3.27. The summed E-state index contributed by atoms with van der Waals surface area (Å²) in [5.41, 5.74) is 5.99. The number of unbranched alkanes of at least 4 members (excludes halogenated alkanes) is 2. The summed E-state index contributed by atoms with van der Waals surface area (Å²) in [4.78, 5) is 2.33. The number of nitrogens with zero attached hydrogens (tertiary/aromatic N) is 1. The Bertz CT molecular complexity index is 177. The number of likely N-dealkylation sites (tertiary alicyclic amines) is 1. The lowest BCUT2D eigenvalue weighted by Gasteiger charge is -2.29. The molecule has 0 spiro atoms. The molecule has 1 atom stereocenters. The molecule has 0 saturated carbocycles. The van der Waals surface area contributed by atoms with Crippen LogP contribution in [0, 0.1) is 0 Å². The van der Waals surface area contributed by atoms with E-state index in [4.69, 9.17) is 10.8 Å². The number of hydrogen-bond acceptors (Lipinski definition) is 4. The van der Waals surface area contributed by atoms with Gasteiger partial charge in [0.05, 0.1) is 0 Å². The van der Waals surface area contributed by atoms with Crippen LogP contribution in [0.2, 0.25) is 0 Å². The van der Waals surface area contributed by atoms with Crippen molar-refractivity contribution in [3.8, 4) is 0 Å². The molecule has 1 fully saturated rings. The molecule has 0 aromatic rings. The number of hydrogen-bond donors (Lipinski definition) is 3. The number of aliphatic hydroxyl groups is 1. The summed E-state index contributed by atoms with van der Waals surface area (Å²) in [6.07, 6.45) is 4.29. The van der Waals surface area contributed by atoms with E-state index in [0.29, 0.717) is 6.61 Å². The SMILES string of the molecule is CN1CCC(CN)(NCCCCCO)C1. The van der Waals surface area contributed by atoms with Gasteiger partial charge in [0.2, 0.25) is 0 Å². The van der Waals surface area contributed by atoms with E-state index in [1.165, 1.54) is 0 Å². The first-order chi connectivity index (χ1) is 7.22. The minimum absolute atomic E-state index is 0.147. The van der Waals surface area contributed by atoms with E-state index in [2.05, 4.69) is 17.3 Å². The maximum absolute atomic E-state index is 8.66. The normalized spacial score (nSPS) is 27.4. The molecule has 0 radical (unpaired) electrons. The van der Waals surface area contributed by atoms with Crippen LogP contribution in [0.1, 0.15) is 25.7 Å².